The first-order chi connectivity index (χ1) is 14.1. The molecule has 0 aliphatic carbocycles. The third-order valence-electron chi connectivity index (χ3n) is 5.32. The van der Waals surface area contributed by atoms with Crippen LogP contribution >= 0.6 is 0 Å². The molecule has 1 fully saturated rings. The zero-order valence-electron chi connectivity index (χ0n) is 18.3. The second kappa shape index (κ2) is 8.38. The Kier molecular flexibility index (Phi) is 6.06. The Balaban J connectivity index is 1.64. The van der Waals surface area contributed by atoms with Crippen LogP contribution in [0, 0.1) is 0 Å². The topological polar surface area (TPSA) is 67.9 Å². The van der Waals surface area contributed by atoms with Gasteiger partial charge in [-0.25, -0.2) is 4.79 Å². The fourth-order valence-corrected chi connectivity index (χ4v) is 3.45. The van der Waals surface area contributed by atoms with Gasteiger partial charge in [0, 0.05) is 0 Å². The smallest absolute Gasteiger partial charge is 0.325 e. The summed E-state index contributed by atoms with van der Waals surface area (Å²) in [6, 6.07) is 14.7. The molecule has 6 heteroatoms. The van der Waals surface area contributed by atoms with Gasteiger partial charge in [0.2, 0.25) is 0 Å². The summed E-state index contributed by atoms with van der Waals surface area (Å²) in [4.78, 5) is 26.7. The molecule has 1 atom stereocenters. The number of hydrogen-bond acceptors (Lipinski definition) is 4. The van der Waals surface area contributed by atoms with Crippen LogP contribution < -0.4 is 14.8 Å². The maximum absolute atomic E-state index is 13.0. The predicted molar refractivity (Wildman–Crippen MR) is 116 cm³/mol. The molecule has 160 valence electrons. The summed E-state index contributed by atoms with van der Waals surface area (Å²) >= 11 is 0. The van der Waals surface area contributed by atoms with E-state index < -0.39 is 11.6 Å². The molecule has 0 aromatic heterocycles. The molecule has 1 aliphatic rings. The minimum absolute atomic E-state index is 0.0204. The van der Waals surface area contributed by atoms with Crippen LogP contribution in [0.2, 0.25) is 0 Å². The Morgan fingerprint density at radius 1 is 0.933 bits per heavy atom. The van der Waals surface area contributed by atoms with Crippen LogP contribution in [0.15, 0.2) is 48.5 Å². The van der Waals surface area contributed by atoms with E-state index in [2.05, 4.69) is 26.1 Å². The number of imide groups is 1. The predicted octanol–water partition coefficient (Wildman–Crippen LogP) is 4.23. The van der Waals surface area contributed by atoms with Crippen molar-refractivity contribution >= 4 is 11.9 Å². The van der Waals surface area contributed by atoms with Gasteiger partial charge in [0.15, 0.2) is 0 Å². The number of carbonyl (C=O) groups excluding carboxylic acids is 2. The highest BCUT2D eigenvalue weighted by molar-refractivity contribution is 6.07. The Hall–Kier alpha value is -3.02. The van der Waals surface area contributed by atoms with Crippen LogP contribution in [0.4, 0.5) is 4.79 Å². The maximum atomic E-state index is 13.0. The van der Waals surface area contributed by atoms with Crippen LogP contribution in [0.1, 0.15) is 45.7 Å². The summed E-state index contributed by atoms with van der Waals surface area (Å²) in [5, 5.41) is 2.84. The number of carbonyl (C=O) groups is 2. The third-order valence-corrected chi connectivity index (χ3v) is 5.32. The van der Waals surface area contributed by atoms with Gasteiger partial charge in [-0.2, -0.15) is 0 Å². The van der Waals surface area contributed by atoms with Crippen molar-refractivity contribution < 1.29 is 19.1 Å². The Bertz CT molecular complexity index is 900. The van der Waals surface area contributed by atoms with E-state index in [1.807, 2.05) is 43.3 Å². The molecule has 0 saturated carbocycles. The van der Waals surface area contributed by atoms with E-state index in [0.717, 1.165) is 11.3 Å². The van der Waals surface area contributed by atoms with Gasteiger partial charge in [0.05, 0.1) is 13.2 Å². The molecule has 0 radical (unpaired) electrons. The molecular weight excluding hydrogens is 380 g/mol. The monoisotopic (exact) mass is 410 g/mol. The molecule has 30 heavy (non-hydrogen) atoms. The van der Waals surface area contributed by atoms with E-state index in [1.165, 1.54) is 10.5 Å². The molecule has 1 N–H and O–H groups in total. The van der Waals surface area contributed by atoms with Crippen LogP contribution in [0.25, 0.3) is 0 Å². The number of benzene rings is 2. The molecule has 3 amide bonds. The lowest BCUT2D eigenvalue weighted by Gasteiger charge is -2.24. The molecule has 1 aliphatic heterocycles. The summed E-state index contributed by atoms with van der Waals surface area (Å²) in [6.07, 6.45) is 0. The van der Waals surface area contributed by atoms with Crippen molar-refractivity contribution in [1.29, 1.82) is 0 Å². The van der Waals surface area contributed by atoms with Crippen molar-refractivity contribution in [2.24, 2.45) is 0 Å². The van der Waals surface area contributed by atoms with Gasteiger partial charge >= 0.3 is 6.03 Å². The van der Waals surface area contributed by atoms with Crippen molar-refractivity contribution in [3.8, 4) is 11.5 Å². The maximum Gasteiger partial charge on any atom is 0.325 e. The van der Waals surface area contributed by atoms with Crippen LogP contribution in [0.5, 0.6) is 11.5 Å². The number of nitrogens with one attached hydrogen (secondary N) is 1. The first kappa shape index (κ1) is 21.7. The van der Waals surface area contributed by atoms with E-state index in [-0.39, 0.29) is 24.5 Å². The van der Waals surface area contributed by atoms with Gasteiger partial charge < -0.3 is 14.8 Å². The van der Waals surface area contributed by atoms with E-state index in [0.29, 0.717) is 12.4 Å². The number of urea groups is 1. The fraction of sp³-hybridized carbons (Fsp3) is 0.417. The van der Waals surface area contributed by atoms with Gasteiger partial charge in [-0.1, -0.05) is 45.0 Å². The van der Waals surface area contributed by atoms with E-state index in [9.17, 15) is 9.59 Å². The normalized spacial score (nSPS) is 19.0. The Labute approximate surface area is 178 Å². The number of hydrogen-bond donors (Lipinski definition) is 1. The molecule has 2 aromatic carbocycles. The number of rotatable bonds is 7. The minimum Gasteiger partial charge on any atom is -0.494 e. The van der Waals surface area contributed by atoms with Gasteiger partial charge in [-0.05, 0) is 54.7 Å². The molecule has 0 bridgehead atoms. The van der Waals surface area contributed by atoms with Crippen molar-refractivity contribution in [3.05, 3.63) is 59.7 Å². The summed E-state index contributed by atoms with van der Waals surface area (Å²) in [7, 11) is 0. The van der Waals surface area contributed by atoms with E-state index in [4.69, 9.17) is 9.47 Å². The van der Waals surface area contributed by atoms with E-state index in [1.54, 1.807) is 19.1 Å². The number of amides is 3. The van der Waals surface area contributed by atoms with Gasteiger partial charge in [0.1, 0.15) is 23.6 Å². The van der Waals surface area contributed by atoms with Gasteiger partial charge in [0.25, 0.3) is 5.91 Å². The first-order valence-corrected chi connectivity index (χ1v) is 10.3. The zero-order chi connectivity index (χ0) is 21.9. The highest BCUT2D eigenvalue weighted by Gasteiger charge is 2.48. The summed E-state index contributed by atoms with van der Waals surface area (Å²) in [5.41, 5.74) is 0.884. The molecule has 1 heterocycles. The standard InChI is InChI=1S/C24H30N2O4/c1-6-29-19-11-13-20(14-12-19)30-16-15-26-21(27)24(5,25-22(26)28)18-9-7-17(8-10-18)23(2,3)4/h7-14H,6,15-16H2,1-5H3,(H,25,28). The molecule has 6 nitrogen and oxygen atoms in total. The van der Waals surface area contributed by atoms with Gasteiger partial charge in [-0.3, -0.25) is 9.69 Å². The molecular formula is C24H30N2O4. The zero-order valence-corrected chi connectivity index (χ0v) is 18.3. The average molecular weight is 411 g/mol. The number of ether oxygens (including phenoxy) is 2. The molecule has 2 aromatic rings. The average Bonchev–Trinajstić information content (AvgIpc) is 2.93. The molecule has 1 saturated heterocycles. The molecule has 0 spiro atoms. The van der Waals surface area contributed by atoms with Crippen molar-refractivity contribution in [2.75, 3.05) is 19.8 Å². The lowest BCUT2D eigenvalue weighted by Crippen LogP contribution is -2.41. The summed E-state index contributed by atoms with van der Waals surface area (Å²) in [6.45, 7) is 11.1. The fourth-order valence-electron chi connectivity index (χ4n) is 3.45. The molecule has 3 rings (SSSR count). The lowest BCUT2D eigenvalue weighted by molar-refractivity contribution is -0.131. The largest absolute Gasteiger partial charge is 0.494 e. The Morgan fingerprint density at radius 2 is 1.50 bits per heavy atom. The van der Waals surface area contributed by atoms with Crippen LogP contribution in [-0.4, -0.2) is 36.6 Å². The minimum atomic E-state index is -1.08. The number of nitrogens with zero attached hydrogens (tertiary/aromatic N) is 1. The quantitative estimate of drug-likeness (QED) is 0.694. The summed E-state index contributed by atoms with van der Waals surface area (Å²) in [5.74, 6) is 1.16. The second-order valence-corrected chi connectivity index (χ2v) is 8.59. The first-order valence-electron chi connectivity index (χ1n) is 10.3. The van der Waals surface area contributed by atoms with Crippen molar-refractivity contribution in [2.45, 2.75) is 45.6 Å². The van der Waals surface area contributed by atoms with Crippen LogP contribution in [-0.2, 0) is 15.7 Å². The van der Waals surface area contributed by atoms with Crippen molar-refractivity contribution in [1.82, 2.24) is 10.2 Å². The SMILES string of the molecule is CCOc1ccc(OCCN2C(=O)NC(C)(c3ccc(C(C)(C)C)cc3)C2=O)cc1. The van der Waals surface area contributed by atoms with Gasteiger partial charge in [-0.15, -0.1) is 0 Å². The van der Waals surface area contributed by atoms with Crippen molar-refractivity contribution in [3.63, 3.8) is 0 Å². The molecule has 1 unspecified atom stereocenters. The lowest BCUT2D eigenvalue weighted by atomic mass is 9.84. The highest BCUT2D eigenvalue weighted by Crippen LogP contribution is 2.31. The third kappa shape index (κ3) is 4.42. The second-order valence-electron chi connectivity index (χ2n) is 8.59. The van der Waals surface area contributed by atoms with Crippen LogP contribution in [0.3, 0.4) is 0 Å². The summed E-state index contributed by atoms with van der Waals surface area (Å²) < 4.78 is 11.1. The van der Waals surface area contributed by atoms with E-state index >= 15 is 0 Å². The highest BCUT2D eigenvalue weighted by atomic mass is 16.5. The Morgan fingerprint density at radius 3 is 2.03 bits per heavy atom.